The van der Waals surface area contributed by atoms with Crippen molar-refractivity contribution in [3.63, 3.8) is 0 Å². The van der Waals surface area contributed by atoms with Crippen molar-refractivity contribution in [3.8, 4) is 5.75 Å². The number of rotatable bonds is 3. The predicted molar refractivity (Wildman–Crippen MR) is 87.5 cm³/mol. The third-order valence-electron chi connectivity index (χ3n) is 2.70. The molecule has 0 saturated heterocycles. The lowest BCUT2D eigenvalue weighted by Crippen LogP contribution is -1.99. The summed E-state index contributed by atoms with van der Waals surface area (Å²) in [6.07, 6.45) is 0. The van der Waals surface area contributed by atoms with Crippen molar-refractivity contribution < 1.29 is 9.13 Å². The molecule has 0 N–H and O–H groups in total. The lowest BCUT2D eigenvalue weighted by atomic mass is 10.0. The van der Waals surface area contributed by atoms with E-state index in [9.17, 15) is 4.39 Å². The zero-order chi connectivity index (χ0) is 14.0. The Morgan fingerprint density at radius 2 is 1.95 bits per heavy atom. The molecule has 0 fully saturated rings. The molecule has 1 nitrogen and oxygen atoms in total. The molecular weight excluding hydrogens is 445 g/mol. The van der Waals surface area contributed by atoms with Gasteiger partial charge in [-0.25, -0.2) is 4.39 Å². The highest BCUT2D eigenvalue weighted by Gasteiger charge is 2.19. The van der Waals surface area contributed by atoms with E-state index in [2.05, 4.69) is 38.5 Å². The Kier molecular flexibility index (Phi) is 5.09. The minimum absolute atomic E-state index is 0.330. The molecule has 0 bridgehead atoms. The zero-order valence-electron chi connectivity index (χ0n) is 9.96. The number of methoxy groups -OCH3 is 1. The summed E-state index contributed by atoms with van der Waals surface area (Å²) < 4.78 is 20.6. The summed E-state index contributed by atoms with van der Waals surface area (Å²) in [4.78, 5) is 0. The van der Waals surface area contributed by atoms with Crippen LogP contribution in [0.1, 0.15) is 16.5 Å². The van der Waals surface area contributed by atoms with Crippen LogP contribution in [-0.2, 0) is 0 Å². The lowest BCUT2D eigenvalue weighted by molar-refractivity contribution is 0.409. The first kappa shape index (κ1) is 15.1. The number of halogens is 4. The predicted octanol–water partition coefficient (Wildman–Crippen LogP) is 5.53. The Balaban J connectivity index is 2.51. The van der Waals surface area contributed by atoms with Crippen molar-refractivity contribution in [1.82, 2.24) is 0 Å². The first-order chi connectivity index (χ1) is 9.02. The molecule has 5 heteroatoms. The van der Waals surface area contributed by atoms with E-state index in [1.165, 1.54) is 12.1 Å². The monoisotopic (exact) mass is 454 g/mol. The van der Waals surface area contributed by atoms with Gasteiger partial charge in [-0.1, -0.05) is 15.9 Å². The van der Waals surface area contributed by atoms with Gasteiger partial charge in [-0.3, -0.25) is 0 Å². The molecule has 0 saturated carbocycles. The van der Waals surface area contributed by atoms with Crippen LogP contribution >= 0.6 is 50.1 Å². The van der Waals surface area contributed by atoms with Crippen molar-refractivity contribution in [2.45, 2.75) is 5.38 Å². The average molecular weight is 455 g/mol. The van der Waals surface area contributed by atoms with Gasteiger partial charge in [-0.15, -0.1) is 11.6 Å². The maximum atomic E-state index is 13.4. The Hall–Kier alpha value is -0.330. The molecule has 2 rings (SSSR count). The zero-order valence-corrected chi connectivity index (χ0v) is 14.5. The fourth-order valence-corrected chi connectivity index (χ4v) is 3.25. The number of ether oxygens (including phenoxy) is 1. The number of hydrogen-bond acceptors (Lipinski definition) is 1. The smallest absolute Gasteiger partial charge is 0.124 e. The molecule has 0 radical (unpaired) electrons. The van der Waals surface area contributed by atoms with Crippen LogP contribution < -0.4 is 4.74 Å². The van der Waals surface area contributed by atoms with Gasteiger partial charge in [-0.05, 0) is 64.6 Å². The Labute approximate surface area is 138 Å². The van der Waals surface area contributed by atoms with E-state index >= 15 is 0 Å². The van der Waals surface area contributed by atoms with E-state index in [1.54, 1.807) is 13.2 Å². The summed E-state index contributed by atoms with van der Waals surface area (Å²) in [6.45, 7) is 0. The van der Waals surface area contributed by atoms with Crippen LogP contribution in [0.5, 0.6) is 5.75 Å². The van der Waals surface area contributed by atoms with Gasteiger partial charge in [0.1, 0.15) is 11.6 Å². The molecule has 1 atom stereocenters. The van der Waals surface area contributed by atoms with Gasteiger partial charge in [0.25, 0.3) is 0 Å². The van der Waals surface area contributed by atoms with E-state index in [4.69, 9.17) is 16.3 Å². The van der Waals surface area contributed by atoms with Gasteiger partial charge in [0, 0.05) is 13.6 Å². The van der Waals surface area contributed by atoms with E-state index < -0.39 is 5.38 Å². The minimum Gasteiger partial charge on any atom is -0.496 e. The molecule has 0 spiro atoms. The van der Waals surface area contributed by atoms with E-state index in [0.717, 1.165) is 13.6 Å². The van der Waals surface area contributed by atoms with Crippen molar-refractivity contribution >= 4 is 50.1 Å². The Bertz CT molecular complexity index is 606. The van der Waals surface area contributed by atoms with Crippen LogP contribution in [0.25, 0.3) is 0 Å². The molecular formula is C14H10BrClFIO. The normalized spacial score (nSPS) is 12.3. The molecule has 1 unspecified atom stereocenters. The van der Waals surface area contributed by atoms with Crippen LogP contribution in [0.4, 0.5) is 4.39 Å². The molecule has 0 heterocycles. The average Bonchev–Trinajstić information content (AvgIpc) is 2.40. The maximum Gasteiger partial charge on any atom is 0.124 e. The van der Waals surface area contributed by atoms with Crippen molar-refractivity contribution in [2.24, 2.45) is 0 Å². The first-order valence-electron chi connectivity index (χ1n) is 5.45. The number of benzene rings is 2. The third-order valence-corrected chi connectivity index (χ3v) is 4.56. The van der Waals surface area contributed by atoms with Gasteiger partial charge in [-0.2, -0.15) is 0 Å². The molecule has 0 aromatic heterocycles. The summed E-state index contributed by atoms with van der Waals surface area (Å²) in [6, 6.07) is 10.2. The van der Waals surface area contributed by atoms with Gasteiger partial charge in [0.05, 0.1) is 12.5 Å². The molecule has 100 valence electrons. The van der Waals surface area contributed by atoms with Crippen molar-refractivity contribution in [1.29, 1.82) is 0 Å². The van der Waals surface area contributed by atoms with Crippen LogP contribution in [0.2, 0.25) is 0 Å². The molecule has 0 aliphatic carbocycles. The number of alkyl halides is 1. The van der Waals surface area contributed by atoms with Gasteiger partial charge in [0.15, 0.2) is 0 Å². The minimum atomic E-state index is -0.477. The molecule has 2 aromatic carbocycles. The van der Waals surface area contributed by atoms with E-state index in [0.29, 0.717) is 11.3 Å². The van der Waals surface area contributed by atoms with Gasteiger partial charge in [0.2, 0.25) is 0 Å². The quantitative estimate of drug-likeness (QED) is 0.437. The summed E-state index contributed by atoms with van der Waals surface area (Å²) in [5, 5.41) is -0.477. The highest BCUT2D eigenvalue weighted by molar-refractivity contribution is 14.1. The third kappa shape index (κ3) is 3.41. The first-order valence-corrected chi connectivity index (χ1v) is 7.76. The Morgan fingerprint density at radius 1 is 1.21 bits per heavy atom. The summed E-state index contributed by atoms with van der Waals surface area (Å²) in [7, 11) is 1.55. The van der Waals surface area contributed by atoms with Gasteiger partial charge >= 0.3 is 0 Å². The fourth-order valence-electron chi connectivity index (χ4n) is 1.78. The molecule has 0 amide bonds. The van der Waals surface area contributed by atoms with E-state index in [-0.39, 0.29) is 5.82 Å². The maximum absolute atomic E-state index is 13.4. The molecule has 2 aromatic rings. The number of hydrogen-bond donors (Lipinski definition) is 0. The standard InChI is InChI=1S/C14H10BrClFIO/c1-19-13-5-2-8(17)6-11(13)14(16)10-7-9(18)3-4-12(10)15/h2-7,14H,1H3. The highest BCUT2D eigenvalue weighted by atomic mass is 127. The SMILES string of the molecule is COc1ccc(F)cc1C(Cl)c1cc(I)ccc1Br. The fraction of sp³-hybridized carbons (Fsp3) is 0.143. The van der Waals surface area contributed by atoms with Crippen molar-refractivity contribution in [3.05, 3.63) is 61.4 Å². The topological polar surface area (TPSA) is 9.23 Å². The second kappa shape index (κ2) is 6.41. The summed E-state index contributed by atoms with van der Waals surface area (Å²) >= 11 is 12.2. The highest BCUT2D eigenvalue weighted by Crippen LogP contribution is 2.39. The van der Waals surface area contributed by atoms with Gasteiger partial charge < -0.3 is 4.74 Å². The second-order valence-electron chi connectivity index (χ2n) is 3.91. The van der Waals surface area contributed by atoms with Crippen molar-refractivity contribution in [2.75, 3.05) is 7.11 Å². The van der Waals surface area contributed by atoms with Crippen LogP contribution in [0, 0.1) is 9.39 Å². The molecule has 0 aliphatic rings. The van der Waals surface area contributed by atoms with Crippen LogP contribution in [-0.4, -0.2) is 7.11 Å². The molecule has 0 aliphatic heterocycles. The summed E-state index contributed by atoms with van der Waals surface area (Å²) in [5.74, 6) is 0.246. The lowest BCUT2D eigenvalue weighted by Gasteiger charge is -2.16. The molecule has 19 heavy (non-hydrogen) atoms. The van der Waals surface area contributed by atoms with Crippen LogP contribution in [0.15, 0.2) is 40.9 Å². The Morgan fingerprint density at radius 3 is 2.63 bits per heavy atom. The second-order valence-corrected chi connectivity index (χ2v) is 6.45. The van der Waals surface area contributed by atoms with Crippen LogP contribution in [0.3, 0.4) is 0 Å². The summed E-state index contributed by atoms with van der Waals surface area (Å²) in [5.41, 5.74) is 1.50. The van der Waals surface area contributed by atoms with E-state index in [1.807, 2.05) is 18.2 Å². The largest absolute Gasteiger partial charge is 0.496 e.